The molecule has 0 spiro atoms. The van der Waals surface area contributed by atoms with Gasteiger partial charge in [-0.15, -0.1) is 11.3 Å². The number of carbonyl (C=O) groups excluding carboxylic acids is 1. The highest BCUT2D eigenvalue weighted by atomic mass is 32.2. The first-order chi connectivity index (χ1) is 14.0. The molecule has 0 amide bonds. The maximum absolute atomic E-state index is 13.0. The van der Waals surface area contributed by atoms with Crippen LogP contribution in [0.3, 0.4) is 0 Å². The van der Waals surface area contributed by atoms with Gasteiger partial charge in [0.2, 0.25) is 0 Å². The van der Waals surface area contributed by atoms with Gasteiger partial charge in [-0.1, -0.05) is 36.4 Å². The van der Waals surface area contributed by atoms with Crippen LogP contribution in [-0.4, -0.2) is 27.5 Å². The molecule has 0 N–H and O–H groups in total. The van der Waals surface area contributed by atoms with Crippen LogP contribution >= 0.6 is 11.3 Å². The van der Waals surface area contributed by atoms with E-state index >= 15 is 0 Å². The largest absolute Gasteiger partial charge is 0.489 e. The normalized spacial score (nSPS) is 11.1. The number of rotatable bonds is 9. The first kappa shape index (κ1) is 20.9. The Balaban J connectivity index is 1.81. The van der Waals surface area contributed by atoms with Gasteiger partial charge in [-0.2, -0.15) is 0 Å². The molecule has 0 radical (unpaired) electrons. The topological polar surface area (TPSA) is 72.9 Å². The molecule has 0 bridgehead atoms. The van der Waals surface area contributed by atoms with Crippen molar-refractivity contribution in [1.82, 2.24) is 0 Å². The molecule has 0 atom stereocenters. The summed E-state index contributed by atoms with van der Waals surface area (Å²) in [7, 11) is -3.88. The van der Waals surface area contributed by atoms with Crippen molar-refractivity contribution in [3.8, 4) is 5.75 Å². The van der Waals surface area contributed by atoms with Crippen LogP contribution in [0, 0.1) is 0 Å². The zero-order valence-electron chi connectivity index (χ0n) is 15.9. The molecule has 0 saturated heterocycles. The van der Waals surface area contributed by atoms with Crippen molar-refractivity contribution in [1.29, 1.82) is 0 Å². The van der Waals surface area contributed by atoms with Crippen LogP contribution in [0.15, 0.2) is 76.3 Å². The summed E-state index contributed by atoms with van der Waals surface area (Å²) in [5.41, 5.74) is 1.39. The van der Waals surface area contributed by atoms with E-state index in [1.165, 1.54) is 6.07 Å². The second-order valence-corrected chi connectivity index (χ2v) is 9.05. The lowest BCUT2D eigenvalue weighted by molar-refractivity contribution is -0.141. The number of esters is 1. The van der Waals surface area contributed by atoms with Gasteiger partial charge < -0.3 is 9.47 Å². The molecule has 1 aromatic heterocycles. The average Bonchev–Trinajstić information content (AvgIpc) is 3.28. The van der Waals surface area contributed by atoms with E-state index in [1.807, 2.05) is 30.3 Å². The Morgan fingerprint density at radius 2 is 1.72 bits per heavy atom. The standard InChI is InChI=1S/C21H21NO5S2/c1-2-26-20(23)15-22(29(24,25)21-9-6-14-28-21)18-10-12-19(13-11-18)27-16-17-7-4-3-5-8-17/h3-14H,2,15-16H2,1H3. The number of hydrogen-bond donors (Lipinski definition) is 0. The van der Waals surface area contributed by atoms with Gasteiger partial charge in [0, 0.05) is 0 Å². The summed E-state index contributed by atoms with van der Waals surface area (Å²) in [6.07, 6.45) is 0. The number of thiophene rings is 1. The van der Waals surface area contributed by atoms with Crippen LogP contribution in [0.5, 0.6) is 5.75 Å². The lowest BCUT2D eigenvalue weighted by atomic mass is 10.2. The van der Waals surface area contributed by atoms with Crippen LogP contribution in [0.1, 0.15) is 12.5 Å². The molecule has 0 unspecified atom stereocenters. The van der Waals surface area contributed by atoms with Crippen LogP contribution in [0.4, 0.5) is 5.69 Å². The number of sulfonamides is 1. The Bertz CT molecular complexity index is 1020. The van der Waals surface area contributed by atoms with Gasteiger partial charge >= 0.3 is 5.97 Å². The summed E-state index contributed by atoms with van der Waals surface area (Å²) in [5.74, 6) is -0.0146. The third-order valence-electron chi connectivity index (χ3n) is 3.99. The third kappa shape index (κ3) is 5.36. The summed E-state index contributed by atoms with van der Waals surface area (Å²) in [5, 5.41) is 1.68. The van der Waals surface area contributed by atoms with Crippen molar-refractivity contribution in [2.24, 2.45) is 0 Å². The van der Waals surface area contributed by atoms with Gasteiger partial charge in [-0.3, -0.25) is 9.10 Å². The van der Waals surface area contributed by atoms with Gasteiger partial charge in [0.25, 0.3) is 10.0 Å². The van der Waals surface area contributed by atoms with Crippen molar-refractivity contribution in [3.63, 3.8) is 0 Å². The molecule has 2 aromatic carbocycles. The molecule has 0 saturated carbocycles. The second-order valence-electron chi connectivity index (χ2n) is 6.02. The van der Waals surface area contributed by atoms with E-state index in [2.05, 4.69) is 0 Å². The third-order valence-corrected chi connectivity index (χ3v) is 7.14. The fourth-order valence-corrected chi connectivity index (χ4v) is 5.12. The molecule has 3 rings (SSSR count). The van der Waals surface area contributed by atoms with Gasteiger partial charge in [-0.25, -0.2) is 8.42 Å². The quantitative estimate of drug-likeness (QED) is 0.477. The molecule has 152 valence electrons. The Labute approximate surface area is 174 Å². The number of hydrogen-bond acceptors (Lipinski definition) is 6. The highest BCUT2D eigenvalue weighted by Gasteiger charge is 2.28. The van der Waals surface area contributed by atoms with Crippen LogP contribution in [0.2, 0.25) is 0 Å². The smallest absolute Gasteiger partial charge is 0.326 e. The van der Waals surface area contributed by atoms with Gasteiger partial charge in [0.05, 0.1) is 12.3 Å². The van der Waals surface area contributed by atoms with E-state index in [1.54, 1.807) is 42.6 Å². The Morgan fingerprint density at radius 1 is 1.00 bits per heavy atom. The summed E-state index contributed by atoms with van der Waals surface area (Å²) in [4.78, 5) is 12.0. The molecule has 3 aromatic rings. The first-order valence-corrected chi connectivity index (χ1v) is 11.3. The SMILES string of the molecule is CCOC(=O)CN(c1ccc(OCc2ccccc2)cc1)S(=O)(=O)c1cccs1. The van der Waals surface area contributed by atoms with E-state index < -0.39 is 22.5 Å². The zero-order chi connectivity index (χ0) is 20.7. The fraction of sp³-hybridized carbons (Fsp3) is 0.190. The van der Waals surface area contributed by atoms with Crippen molar-refractivity contribution >= 4 is 33.0 Å². The summed E-state index contributed by atoms with van der Waals surface area (Å²) >= 11 is 1.10. The molecular weight excluding hydrogens is 410 g/mol. The maximum Gasteiger partial charge on any atom is 0.326 e. The van der Waals surface area contributed by atoms with E-state index in [4.69, 9.17) is 9.47 Å². The zero-order valence-corrected chi connectivity index (χ0v) is 17.5. The summed E-state index contributed by atoms with van der Waals surface area (Å²) in [6.45, 7) is 1.85. The molecule has 8 heteroatoms. The van der Waals surface area contributed by atoms with Crippen molar-refractivity contribution in [2.75, 3.05) is 17.5 Å². The molecule has 0 fully saturated rings. The molecule has 1 heterocycles. The highest BCUT2D eigenvalue weighted by Crippen LogP contribution is 2.28. The number of benzene rings is 2. The lowest BCUT2D eigenvalue weighted by Crippen LogP contribution is -2.36. The van der Waals surface area contributed by atoms with Gasteiger partial charge in [0.1, 0.15) is 23.1 Å². The number of ether oxygens (including phenoxy) is 2. The first-order valence-electron chi connectivity index (χ1n) is 8.99. The number of carbonyl (C=O) groups is 1. The van der Waals surface area contributed by atoms with Crippen molar-refractivity contribution in [3.05, 3.63) is 77.7 Å². The summed E-state index contributed by atoms with van der Waals surface area (Å²) < 4.78 is 38.0. The van der Waals surface area contributed by atoms with E-state index in [0.29, 0.717) is 18.0 Å². The molecular formula is C21H21NO5S2. The highest BCUT2D eigenvalue weighted by molar-refractivity contribution is 7.94. The Morgan fingerprint density at radius 3 is 2.34 bits per heavy atom. The predicted molar refractivity (Wildman–Crippen MR) is 113 cm³/mol. The molecule has 29 heavy (non-hydrogen) atoms. The maximum atomic E-state index is 13.0. The minimum absolute atomic E-state index is 0.159. The Hall–Kier alpha value is -2.84. The van der Waals surface area contributed by atoms with E-state index in [-0.39, 0.29) is 10.8 Å². The average molecular weight is 432 g/mol. The fourth-order valence-electron chi connectivity index (χ4n) is 2.61. The number of anilines is 1. The van der Waals surface area contributed by atoms with Gasteiger partial charge in [-0.05, 0) is 48.2 Å². The van der Waals surface area contributed by atoms with Crippen LogP contribution < -0.4 is 9.04 Å². The van der Waals surface area contributed by atoms with Crippen LogP contribution in [0.25, 0.3) is 0 Å². The molecule has 6 nitrogen and oxygen atoms in total. The van der Waals surface area contributed by atoms with Gasteiger partial charge in [0.15, 0.2) is 0 Å². The van der Waals surface area contributed by atoms with Crippen molar-refractivity contribution in [2.45, 2.75) is 17.7 Å². The monoisotopic (exact) mass is 431 g/mol. The lowest BCUT2D eigenvalue weighted by Gasteiger charge is -2.23. The van der Waals surface area contributed by atoms with E-state index in [0.717, 1.165) is 21.2 Å². The molecule has 0 aliphatic carbocycles. The van der Waals surface area contributed by atoms with E-state index in [9.17, 15) is 13.2 Å². The number of nitrogens with zero attached hydrogens (tertiary/aromatic N) is 1. The second kappa shape index (κ2) is 9.58. The summed E-state index contributed by atoms with van der Waals surface area (Å²) in [6, 6.07) is 19.5. The Kier molecular flexibility index (Phi) is 6.90. The van der Waals surface area contributed by atoms with Crippen molar-refractivity contribution < 1.29 is 22.7 Å². The minimum atomic E-state index is -3.88. The minimum Gasteiger partial charge on any atom is -0.489 e. The van der Waals surface area contributed by atoms with Crippen LogP contribution in [-0.2, 0) is 26.2 Å². The molecule has 0 aliphatic rings. The molecule has 0 aliphatic heterocycles. The predicted octanol–water partition coefficient (Wildman–Crippen LogP) is 4.09.